The van der Waals surface area contributed by atoms with E-state index in [4.69, 9.17) is 17.3 Å². The van der Waals surface area contributed by atoms with Gasteiger partial charge in [-0.05, 0) is 42.8 Å². The van der Waals surface area contributed by atoms with Gasteiger partial charge < -0.3 is 5.73 Å². The molecule has 92 valence electrons. The summed E-state index contributed by atoms with van der Waals surface area (Å²) in [4.78, 5) is 12.4. The fraction of sp³-hybridized carbons (Fsp3) is 0.0714. The number of anilines is 1. The number of carbonyl (C=O) groups is 1. The Kier molecular flexibility index (Phi) is 3.73. The number of nitrogen functional groups attached to an aromatic ring is 1. The Morgan fingerprint density at radius 1 is 1.17 bits per heavy atom. The highest BCUT2D eigenvalue weighted by Gasteiger charge is 2.15. The van der Waals surface area contributed by atoms with Gasteiger partial charge in [-0.25, -0.2) is 0 Å². The van der Waals surface area contributed by atoms with E-state index in [1.54, 1.807) is 30.3 Å². The summed E-state index contributed by atoms with van der Waals surface area (Å²) in [7, 11) is 0. The molecule has 0 fully saturated rings. The lowest BCUT2D eigenvalue weighted by Gasteiger charge is -2.08. The van der Waals surface area contributed by atoms with Gasteiger partial charge >= 0.3 is 0 Å². The quantitative estimate of drug-likeness (QED) is 0.664. The number of aryl methyl sites for hydroxylation is 1. The van der Waals surface area contributed by atoms with E-state index in [-0.39, 0.29) is 5.78 Å². The molecule has 0 aromatic heterocycles. The van der Waals surface area contributed by atoms with Crippen LogP contribution in [0.3, 0.4) is 0 Å². The zero-order chi connectivity index (χ0) is 13.3. The second kappa shape index (κ2) is 5.12. The number of rotatable bonds is 2. The van der Waals surface area contributed by atoms with Crippen molar-refractivity contribution in [1.82, 2.24) is 0 Å². The number of nitrogens with two attached hydrogens (primary N) is 1. The lowest BCUT2D eigenvalue weighted by atomic mass is 9.98. The number of halogens is 2. The second-order valence-corrected chi connectivity index (χ2v) is 5.35. The van der Waals surface area contributed by atoms with Gasteiger partial charge in [0.2, 0.25) is 0 Å². The van der Waals surface area contributed by atoms with Crippen molar-refractivity contribution < 1.29 is 4.79 Å². The first kappa shape index (κ1) is 13.1. The number of benzene rings is 2. The third-order valence-electron chi connectivity index (χ3n) is 2.68. The summed E-state index contributed by atoms with van der Waals surface area (Å²) in [6.45, 7) is 1.87. The average Bonchev–Trinajstić information content (AvgIpc) is 2.31. The highest BCUT2D eigenvalue weighted by Crippen LogP contribution is 2.25. The van der Waals surface area contributed by atoms with E-state index >= 15 is 0 Å². The van der Waals surface area contributed by atoms with Crippen molar-refractivity contribution in [2.24, 2.45) is 0 Å². The molecule has 2 aromatic carbocycles. The Labute approximate surface area is 119 Å². The van der Waals surface area contributed by atoms with E-state index in [0.717, 1.165) is 10.0 Å². The highest BCUT2D eigenvalue weighted by molar-refractivity contribution is 9.10. The molecule has 2 aromatic rings. The molecule has 0 radical (unpaired) electrons. The Bertz CT molecular complexity index is 625. The van der Waals surface area contributed by atoms with Crippen LogP contribution in [0.5, 0.6) is 0 Å². The zero-order valence-corrected chi connectivity index (χ0v) is 12.0. The summed E-state index contributed by atoms with van der Waals surface area (Å²) < 4.78 is 0.841. The van der Waals surface area contributed by atoms with Gasteiger partial charge in [0.1, 0.15) is 0 Å². The number of carbonyl (C=O) groups excluding carboxylic acids is 1. The molecule has 4 heteroatoms. The highest BCUT2D eigenvalue weighted by atomic mass is 79.9. The van der Waals surface area contributed by atoms with Crippen molar-refractivity contribution in [2.75, 3.05) is 5.73 Å². The molecule has 0 unspecified atom stereocenters. The normalized spacial score (nSPS) is 10.4. The second-order valence-electron chi connectivity index (χ2n) is 4.03. The summed E-state index contributed by atoms with van der Waals surface area (Å²) in [5, 5.41) is 0.427. The van der Waals surface area contributed by atoms with Crippen LogP contribution in [-0.2, 0) is 0 Å². The Balaban J connectivity index is 2.51. The smallest absolute Gasteiger partial charge is 0.194 e. The minimum atomic E-state index is -0.114. The van der Waals surface area contributed by atoms with Gasteiger partial charge in [0, 0.05) is 21.3 Å². The molecule has 2 nitrogen and oxygen atoms in total. The van der Waals surface area contributed by atoms with Gasteiger partial charge in [-0.1, -0.05) is 33.6 Å². The van der Waals surface area contributed by atoms with Gasteiger partial charge in [0.05, 0.1) is 5.02 Å². The van der Waals surface area contributed by atoms with Crippen molar-refractivity contribution in [3.8, 4) is 0 Å². The molecular weight excluding hydrogens is 314 g/mol. The first-order valence-electron chi connectivity index (χ1n) is 5.35. The summed E-state index contributed by atoms with van der Waals surface area (Å²) in [5.74, 6) is -0.114. The largest absolute Gasteiger partial charge is 0.399 e. The summed E-state index contributed by atoms with van der Waals surface area (Å²) in [6.07, 6.45) is 0. The van der Waals surface area contributed by atoms with Crippen LogP contribution in [0.25, 0.3) is 0 Å². The zero-order valence-electron chi connectivity index (χ0n) is 9.71. The fourth-order valence-corrected chi connectivity index (χ4v) is 2.46. The van der Waals surface area contributed by atoms with E-state index < -0.39 is 0 Å². The molecule has 0 saturated heterocycles. The summed E-state index contributed by atoms with van der Waals surface area (Å²) >= 11 is 9.40. The molecule has 0 bridgehead atoms. The third-order valence-corrected chi connectivity index (χ3v) is 3.49. The number of hydrogen-bond acceptors (Lipinski definition) is 2. The summed E-state index contributed by atoms with van der Waals surface area (Å²) in [6, 6.07) is 10.5. The topological polar surface area (TPSA) is 43.1 Å². The molecule has 0 aliphatic rings. The maximum atomic E-state index is 12.4. The predicted molar refractivity (Wildman–Crippen MR) is 78.2 cm³/mol. The molecular formula is C14H11BrClNO. The fourth-order valence-electron chi connectivity index (χ4n) is 1.70. The van der Waals surface area contributed by atoms with E-state index in [1.807, 2.05) is 13.0 Å². The SMILES string of the molecule is Cc1ccc(N)cc1C(=O)c1ccc(Br)cc1Cl. The first-order valence-corrected chi connectivity index (χ1v) is 6.52. The Morgan fingerprint density at radius 3 is 2.56 bits per heavy atom. The lowest BCUT2D eigenvalue weighted by Crippen LogP contribution is -2.05. The van der Waals surface area contributed by atoms with E-state index in [2.05, 4.69) is 15.9 Å². The molecule has 18 heavy (non-hydrogen) atoms. The van der Waals surface area contributed by atoms with E-state index in [9.17, 15) is 4.79 Å². The summed E-state index contributed by atoms with van der Waals surface area (Å²) in [5.41, 5.74) is 8.23. The molecule has 0 aliphatic heterocycles. The molecule has 0 amide bonds. The van der Waals surface area contributed by atoms with Crippen LogP contribution in [0.15, 0.2) is 40.9 Å². The van der Waals surface area contributed by atoms with Crippen molar-refractivity contribution in [3.05, 3.63) is 62.6 Å². The van der Waals surface area contributed by atoms with Crippen LogP contribution in [0.2, 0.25) is 5.02 Å². The van der Waals surface area contributed by atoms with Crippen molar-refractivity contribution in [1.29, 1.82) is 0 Å². The maximum Gasteiger partial charge on any atom is 0.194 e. The number of ketones is 1. The minimum Gasteiger partial charge on any atom is -0.399 e. The third kappa shape index (κ3) is 2.57. The van der Waals surface area contributed by atoms with Crippen molar-refractivity contribution in [2.45, 2.75) is 6.92 Å². The molecule has 0 spiro atoms. The van der Waals surface area contributed by atoms with Crippen LogP contribution < -0.4 is 5.73 Å². The Hall–Kier alpha value is -1.32. The maximum absolute atomic E-state index is 12.4. The van der Waals surface area contributed by atoms with Gasteiger partial charge in [-0.15, -0.1) is 0 Å². The van der Waals surface area contributed by atoms with Crippen LogP contribution in [-0.4, -0.2) is 5.78 Å². The minimum absolute atomic E-state index is 0.114. The van der Waals surface area contributed by atoms with Crippen LogP contribution in [0.1, 0.15) is 21.5 Å². The lowest BCUT2D eigenvalue weighted by molar-refractivity contribution is 0.103. The first-order chi connectivity index (χ1) is 8.49. The molecule has 0 aliphatic carbocycles. The van der Waals surface area contributed by atoms with Crippen LogP contribution in [0, 0.1) is 6.92 Å². The number of hydrogen-bond donors (Lipinski definition) is 1. The van der Waals surface area contributed by atoms with Gasteiger partial charge in [-0.3, -0.25) is 4.79 Å². The van der Waals surface area contributed by atoms with E-state index in [0.29, 0.717) is 21.8 Å². The van der Waals surface area contributed by atoms with Gasteiger partial charge in [0.25, 0.3) is 0 Å². The molecule has 2 rings (SSSR count). The van der Waals surface area contributed by atoms with E-state index in [1.165, 1.54) is 0 Å². The molecule has 0 saturated carbocycles. The van der Waals surface area contributed by atoms with Crippen LogP contribution in [0.4, 0.5) is 5.69 Å². The molecule has 0 atom stereocenters. The standard InChI is InChI=1S/C14H11BrClNO/c1-8-2-4-10(17)7-12(8)14(18)11-5-3-9(15)6-13(11)16/h2-7H,17H2,1H3. The van der Waals surface area contributed by atoms with Crippen LogP contribution >= 0.6 is 27.5 Å². The molecule has 0 heterocycles. The Morgan fingerprint density at radius 2 is 1.89 bits per heavy atom. The monoisotopic (exact) mass is 323 g/mol. The van der Waals surface area contributed by atoms with Gasteiger partial charge in [-0.2, -0.15) is 0 Å². The molecule has 2 N–H and O–H groups in total. The predicted octanol–water partition coefficient (Wildman–Crippen LogP) is 4.22. The van der Waals surface area contributed by atoms with Gasteiger partial charge in [0.15, 0.2) is 5.78 Å². The average molecular weight is 325 g/mol. The van der Waals surface area contributed by atoms with Crippen molar-refractivity contribution in [3.63, 3.8) is 0 Å². The van der Waals surface area contributed by atoms with Crippen molar-refractivity contribution >= 4 is 39.0 Å².